The second-order valence-electron chi connectivity index (χ2n) is 5.33. The van der Waals surface area contributed by atoms with Crippen molar-refractivity contribution >= 4 is 45.8 Å². The van der Waals surface area contributed by atoms with Crippen molar-refractivity contribution in [3.63, 3.8) is 0 Å². The number of thiophene rings is 1. The van der Waals surface area contributed by atoms with Gasteiger partial charge in [-0.2, -0.15) is 0 Å². The summed E-state index contributed by atoms with van der Waals surface area (Å²) in [7, 11) is 1.96. The molecule has 0 saturated carbocycles. The smallest absolute Gasteiger partial charge is 0.217 e. The topological polar surface area (TPSA) is 64.0 Å². The van der Waals surface area contributed by atoms with E-state index in [0.717, 1.165) is 21.1 Å². The molecule has 3 rings (SSSR count). The van der Waals surface area contributed by atoms with Crippen LogP contribution >= 0.6 is 23.1 Å². The zero-order chi connectivity index (χ0) is 17.1. The molecule has 1 N–H and O–H groups in total. The predicted octanol–water partition coefficient (Wildman–Crippen LogP) is 3.25. The Balaban J connectivity index is 1.64. The van der Waals surface area contributed by atoms with E-state index < -0.39 is 0 Å². The predicted molar refractivity (Wildman–Crippen MR) is 97.6 cm³/mol. The number of hydrogen-bond donors (Lipinski definition) is 1. The van der Waals surface area contributed by atoms with Gasteiger partial charge in [-0.05, 0) is 24.3 Å². The van der Waals surface area contributed by atoms with Crippen molar-refractivity contribution in [2.75, 3.05) is 5.75 Å². The molecule has 124 valence electrons. The number of carbonyl (C=O) groups is 2. The Morgan fingerprint density at radius 1 is 1.25 bits per heavy atom. The van der Waals surface area contributed by atoms with E-state index in [1.165, 1.54) is 30.0 Å². The molecule has 0 fully saturated rings. The maximum atomic E-state index is 12.4. The van der Waals surface area contributed by atoms with Crippen molar-refractivity contribution in [2.24, 2.45) is 7.05 Å². The first-order chi connectivity index (χ1) is 11.5. The summed E-state index contributed by atoms with van der Waals surface area (Å²) in [5.74, 6) is 0.344. The molecule has 5 nitrogen and oxygen atoms in total. The van der Waals surface area contributed by atoms with E-state index in [1.54, 1.807) is 0 Å². The zero-order valence-corrected chi connectivity index (χ0v) is 15.0. The minimum absolute atomic E-state index is 0.0751. The summed E-state index contributed by atoms with van der Waals surface area (Å²) >= 11 is 2.86. The van der Waals surface area contributed by atoms with Gasteiger partial charge < -0.3 is 9.88 Å². The number of aromatic nitrogens is 2. The first kappa shape index (κ1) is 16.7. The average Bonchev–Trinajstić information content (AvgIpc) is 3.16. The molecule has 3 aromatic rings. The molecular weight excluding hydrogens is 342 g/mol. The summed E-state index contributed by atoms with van der Waals surface area (Å²) in [5, 5.41) is 3.57. The molecule has 1 aromatic carbocycles. The Hall–Kier alpha value is -2.12. The third-order valence-corrected chi connectivity index (χ3v) is 5.68. The number of thioether (sulfide) groups is 1. The summed E-state index contributed by atoms with van der Waals surface area (Å²) < 4.78 is 2.00. The molecule has 0 unspecified atom stereocenters. The number of nitrogens with one attached hydrogen (secondary N) is 1. The molecule has 1 amide bonds. The fourth-order valence-corrected chi connectivity index (χ4v) is 4.14. The first-order valence-electron chi connectivity index (χ1n) is 7.45. The highest BCUT2D eigenvalue weighted by Crippen LogP contribution is 2.25. The number of imidazole rings is 1. The molecule has 0 aliphatic heterocycles. The summed E-state index contributed by atoms with van der Waals surface area (Å²) in [4.78, 5) is 29.5. The molecule has 0 spiro atoms. The van der Waals surface area contributed by atoms with Crippen LogP contribution in [0.5, 0.6) is 0 Å². The Morgan fingerprint density at radius 2 is 2.04 bits per heavy atom. The second kappa shape index (κ2) is 7.19. The molecule has 0 atom stereocenters. The van der Waals surface area contributed by atoms with Gasteiger partial charge in [0.05, 0.1) is 28.2 Å². The monoisotopic (exact) mass is 359 g/mol. The van der Waals surface area contributed by atoms with Crippen LogP contribution in [0.15, 0.2) is 41.6 Å². The van der Waals surface area contributed by atoms with Gasteiger partial charge in [-0.1, -0.05) is 23.9 Å². The second-order valence-corrected chi connectivity index (χ2v) is 7.44. The summed E-state index contributed by atoms with van der Waals surface area (Å²) in [6.07, 6.45) is 0. The number of para-hydroxylation sites is 2. The van der Waals surface area contributed by atoms with E-state index >= 15 is 0 Å². The SMILES string of the molecule is CC(=O)NCc1ccc(C(=O)CSc2nc3ccccc3n2C)s1. The Labute approximate surface area is 148 Å². The molecule has 2 aromatic heterocycles. The normalized spacial score (nSPS) is 10.9. The lowest BCUT2D eigenvalue weighted by molar-refractivity contribution is -0.119. The van der Waals surface area contributed by atoms with Gasteiger partial charge >= 0.3 is 0 Å². The first-order valence-corrected chi connectivity index (χ1v) is 9.25. The molecule has 0 aliphatic carbocycles. The lowest BCUT2D eigenvalue weighted by atomic mass is 10.3. The van der Waals surface area contributed by atoms with Crippen LogP contribution in [0.25, 0.3) is 11.0 Å². The molecule has 0 radical (unpaired) electrons. The van der Waals surface area contributed by atoms with E-state index in [1.807, 2.05) is 48.0 Å². The summed E-state index contributed by atoms with van der Waals surface area (Å²) in [6, 6.07) is 11.6. The highest BCUT2D eigenvalue weighted by molar-refractivity contribution is 7.99. The van der Waals surface area contributed by atoms with Crippen LogP contribution in [-0.2, 0) is 18.4 Å². The van der Waals surface area contributed by atoms with Crippen molar-refractivity contribution in [3.05, 3.63) is 46.2 Å². The van der Waals surface area contributed by atoms with Gasteiger partial charge in [-0.25, -0.2) is 4.98 Å². The van der Waals surface area contributed by atoms with Crippen molar-refractivity contribution in [3.8, 4) is 0 Å². The third kappa shape index (κ3) is 3.68. The summed E-state index contributed by atoms with van der Waals surface area (Å²) in [6.45, 7) is 1.94. The van der Waals surface area contributed by atoms with Crippen LogP contribution in [0.3, 0.4) is 0 Å². The number of carbonyl (C=O) groups excluding carboxylic acids is 2. The zero-order valence-electron chi connectivity index (χ0n) is 13.4. The molecular formula is C17H17N3O2S2. The maximum Gasteiger partial charge on any atom is 0.217 e. The number of amides is 1. The summed E-state index contributed by atoms with van der Waals surface area (Å²) in [5.41, 5.74) is 1.99. The van der Waals surface area contributed by atoms with Crippen molar-refractivity contribution in [1.82, 2.24) is 14.9 Å². The molecule has 0 saturated heterocycles. The third-order valence-electron chi connectivity index (χ3n) is 3.53. The van der Waals surface area contributed by atoms with Gasteiger partial charge in [0.2, 0.25) is 5.91 Å². The lowest BCUT2D eigenvalue weighted by Crippen LogP contribution is -2.18. The van der Waals surface area contributed by atoms with E-state index in [4.69, 9.17) is 0 Å². The van der Waals surface area contributed by atoms with Crippen molar-refractivity contribution < 1.29 is 9.59 Å². The van der Waals surface area contributed by atoms with Crippen LogP contribution < -0.4 is 5.32 Å². The lowest BCUT2D eigenvalue weighted by Gasteiger charge is -2.01. The quantitative estimate of drug-likeness (QED) is 0.542. The number of Topliss-reactive ketones (excluding diaryl/α,β-unsaturated/α-hetero) is 1. The highest BCUT2D eigenvalue weighted by Gasteiger charge is 2.13. The Bertz CT molecular complexity index is 898. The van der Waals surface area contributed by atoms with Gasteiger partial charge in [-0.15, -0.1) is 11.3 Å². The van der Waals surface area contributed by atoms with Gasteiger partial charge in [0, 0.05) is 18.8 Å². The van der Waals surface area contributed by atoms with Crippen molar-refractivity contribution in [2.45, 2.75) is 18.6 Å². The van der Waals surface area contributed by atoms with E-state index in [-0.39, 0.29) is 11.7 Å². The molecule has 2 heterocycles. The molecule has 24 heavy (non-hydrogen) atoms. The van der Waals surface area contributed by atoms with Gasteiger partial charge in [-0.3, -0.25) is 9.59 Å². The minimum Gasteiger partial charge on any atom is -0.351 e. The fraction of sp³-hybridized carbons (Fsp3) is 0.235. The van der Waals surface area contributed by atoms with Gasteiger partial charge in [0.25, 0.3) is 0 Å². The molecule has 7 heteroatoms. The van der Waals surface area contributed by atoms with Crippen LogP contribution in [0.1, 0.15) is 21.5 Å². The number of rotatable bonds is 6. The Morgan fingerprint density at radius 3 is 2.79 bits per heavy atom. The van der Waals surface area contributed by atoms with Crippen LogP contribution in [-0.4, -0.2) is 27.0 Å². The van der Waals surface area contributed by atoms with Gasteiger partial charge in [0.1, 0.15) is 0 Å². The largest absolute Gasteiger partial charge is 0.351 e. The maximum absolute atomic E-state index is 12.4. The Kier molecular flexibility index (Phi) is 5.01. The van der Waals surface area contributed by atoms with E-state index in [0.29, 0.717) is 17.2 Å². The molecule has 0 bridgehead atoms. The number of nitrogens with zero attached hydrogens (tertiary/aromatic N) is 2. The van der Waals surface area contributed by atoms with Crippen LogP contribution in [0.2, 0.25) is 0 Å². The average molecular weight is 359 g/mol. The number of ketones is 1. The number of fused-ring (bicyclic) bond motifs is 1. The highest BCUT2D eigenvalue weighted by atomic mass is 32.2. The number of benzene rings is 1. The van der Waals surface area contributed by atoms with Gasteiger partial charge in [0.15, 0.2) is 10.9 Å². The fourth-order valence-electron chi connectivity index (χ4n) is 2.29. The molecule has 0 aliphatic rings. The number of aryl methyl sites for hydroxylation is 1. The van der Waals surface area contributed by atoms with Crippen molar-refractivity contribution in [1.29, 1.82) is 0 Å². The van der Waals surface area contributed by atoms with E-state index in [9.17, 15) is 9.59 Å². The standard InChI is InChI=1S/C17H17N3O2S2/c1-11(21)18-9-12-7-8-16(24-12)15(22)10-23-17-19-13-5-3-4-6-14(13)20(17)2/h3-8H,9-10H2,1-2H3,(H,18,21). The number of hydrogen-bond acceptors (Lipinski definition) is 5. The minimum atomic E-state index is -0.0753. The van der Waals surface area contributed by atoms with E-state index in [2.05, 4.69) is 10.3 Å². The van der Waals surface area contributed by atoms with Crippen LogP contribution in [0.4, 0.5) is 0 Å². The van der Waals surface area contributed by atoms with Crippen LogP contribution in [0, 0.1) is 0 Å².